The molecule has 0 aromatic heterocycles. The number of thioether (sulfide) groups is 1. The van der Waals surface area contributed by atoms with Gasteiger partial charge in [-0.2, -0.15) is 0 Å². The summed E-state index contributed by atoms with van der Waals surface area (Å²) in [6.07, 6.45) is 1.06. The van der Waals surface area contributed by atoms with E-state index in [4.69, 9.17) is 0 Å². The van der Waals surface area contributed by atoms with Crippen LogP contribution in [0.15, 0.2) is 29.2 Å². The van der Waals surface area contributed by atoms with E-state index in [9.17, 15) is 4.79 Å². The minimum Gasteiger partial charge on any atom is -0.311 e. The first kappa shape index (κ1) is 11.5. The van der Waals surface area contributed by atoms with Gasteiger partial charge in [-0.05, 0) is 24.5 Å². The Morgan fingerprint density at radius 3 is 2.88 bits per heavy atom. The number of rotatable bonds is 3. The van der Waals surface area contributed by atoms with E-state index in [1.807, 2.05) is 23.1 Å². The smallest absolute Gasteiger partial charge is 0.237 e. The second kappa shape index (κ2) is 4.91. The van der Waals surface area contributed by atoms with Crippen molar-refractivity contribution in [3.05, 3.63) is 24.3 Å². The lowest BCUT2D eigenvalue weighted by molar-refractivity contribution is -0.116. The lowest BCUT2D eigenvalue weighted by atomic mass is 10.1. The van der Waals surface area contributed by atoms with Crippen LogP contribution in [0.25, 0.3) is 0 Å². The molecule has 1 aromatic carbocycles. The van der Waals surface area contributed by atoms with Crippen molar-refractivity contribution in [2.75, 3.05) is 17.2 Å². The number of para-hydroxylation sites is 1. The maximum Gasteiger partial charge on any atom is 0.237 e. The van der Waals surface area contributed by atoms with Crippen LogP contribution in [-0.4, -0.2) is 18.2 Å². The molecule has 0 bridgehead atoms. The number of carbonyl (C=O) groups excluding carboxylic acids is 1. The Morgan fingerprint density at radius 1 is 1.38 bits per heavy atom. The molecule has 3 heteroatoms. The van der Waals surface area contributed by atoms with Crippen LogP contribution in [0.5, 0.6) is 0 Å². The lowest BCUT2D eigenvalue weighted by Gasteiger charge is -2.29. The van der Waals surface area contributed by atoms with Crippen LogP contribution in [0.1, 0.15) is 20.3 Å². The Balaban J connectivity index is 2.19. The predicted octanol–water partition coefficient (Wildman–Crippen LogP) is 3.17. The van der Waals surface area contributed by atoms with Gasteiger partial charge in [-0.1, -0.05) is 26.0 Å². The summed E-state index contributed by atoms with van der Waals surface area (Å²) < 4.78 is 0. The number of amides is 1. The quantitative estimate of drug-likeness (QED) is 0.802. The number of hydrogen-bond donors (Lipinski definition) is 0. The van der Waals surface area contributed by atoms with Crippen LogP contribution >= 0.6 is 11.8 Å². The summed E-state index contributed by atoms with van der Waals surface area (Å²) in [7, 11) is 0. The van der Waals surface area contributed by atoms with Gasteiger partial charge < -0.3 is 4.90 Å². The highest BCUT2D eigenvalue weighted by molar-refractivity contribution is 8.00. The van der Waals surface area contributed by atoms with Gasteiger partial charge in [-0.3, -0.25) is 4.79 Å². The van der Waals surface area contributed by atoms with Gasteiger partial charge in [-0.15, -0.1) is 11.8 Å². The Kier molecular flexibility index (Phi) is 3.54. The van der Waals surface area contributed by atoms with E-state index >= 15 is 0 Å². The van der Waals surface area contributed by atoms with E-state index in [1.165, 1.54) is 4.90 Å². The molecule has 0 unspecified atom stereocenters. The Hall–Kier alpha value is -0.960. The first-order chi connectivity index (χ1) is 7.68. The SMILES string of the molecule is CC(C)CCN1C(=O)CSc2ccccc21. The molecule has 0 aliphatic carbocycles. The van der Waals surface area contributed by atoms with E-state index in [2.05, 4.69) is 19.9 Å². The highest BCUT2D eigenvalue weighted by Crippen LogP contribution is 2.35. The topological polar surface area (TPSA) is 20.3 Å². The normalized spacial score (nSPS) is 15.4. The van der Waals surface area contributed by atoms with Gasteiger partial charge in [0.2, 0.25) is 5.91 Å². The molecule has 0 saturated heterocycles. The molecule has 86 valence electrons. The molecule has 1 aromatic rings. The average molecular weight is 235 g/mol. The van der Waals surface area contributed by atoms with Crippen molar-refractivity contribution in [3.8, 4) is 0 Å². The zero-order chi connectivity index (χ0) is 11.5. The second-order valence-corrected chi connectivity index (χ2v) is 5.50. The van der Waals surface area contributed by atoms with E-state index in [1.54, 1.807) is 11.8 Å². The number of hydrogen-bond acceptors (Lipinski definition) is 2. The second-order valence-electron chi connectivity index (χ2n) is 4.48. The fourth-order valence-corrected chi connectivity index (χ4v) is 2.72. The molecular formula is C13H17NOS. The summed E-state index contributed by atoms with van der Waals surface area (Å²) in [6, 6.07) is 8.16. The maximum atomic E-state index is 11.9. The van der Waals surface area contributed by atoms with Gasteiger partial charge >= 0.3 is 0 Å². The molecule has 0 spiro atoms. The van der Waals surface area contributed by atoms with Crippen molar-refractivity contribution < 1.29 is 4.79 Å². The molecular weight excluding hydrogens is 218 g/mol. The first-order valence-corrected chi connectivity index (χ1v) is 6.69. The van der Waals surface area contributed by atoms with E-state index < -0.39 is 0 Å². The third-order valence-electron chi connectivity index (χ3n) is 2.74. The van der Waals surface area contributed by atoms with E-state index in [0.717, 1.165) is 18.7 Å². The number of nitrogens with zero attached hydrogens (tertiary/aromatic N) is 1. The van der Waals surface area contributed by atoms with Gasteiger partial charge in [0.05, 0.1) is 11.4 Å². The van der Waals surface area contributed by atoms with Gasteiger partial charge in [0.1, 0.15) is 0 Å². The predicted molar refractivity (Wildman–Crippen MR) is 69.0 cm³/mol. The van der Waals surface area contributed by atoms with Crippen LogP contribution in [-0.2, 0) is 4.79 Å². The molecule has 0 radical (unpaired) electrons. The van der Waals surface area contributed by atoms with E-state index in [0.29, 0.717) is 11.7 Å². The van der Waals surface area contributed by atoms with Crippen LogP contribution in [0.2, 0.25) is 0 Å². The van der Waals surface area contributed by atoms with Crippen molar-refractivity contribution >= 4 is 23.4 Å². The zero-order valence-corrected chi connectivity index (χ0v) is 10.6. The zero-order valence-electron chi connectivity index (χ0n) is 9.77. The standard InChI is InChI=1S/C13H17NOS/c1-10(2)7-8-14-11-5-3-4-6-12(11)16-9-13(14)15/h3-6,10H,7-9H2,1-2H3. The van der Waals surface area contributed by atoms with Crippen LogP contribution in [0, 0.1) is 5.92 Å². The summed E-state index contributed by atoms with van der Waals surface area (Å²) in [5.74, 6) is 1.45. The minimum absolute atomic E-state index is 0.240. The molecule has 0 saturated carbocycles. The van der Waals surface area contributed by atoms with Crippen LogP contribution < -0.4 is 4.90 Å². The van der Waals surface area contributed by atoms with Gasteiger partial charge in [0, 0.05) is 11.4 Å². The fourth-order valence-electron chi connectivity index (χ4n) is 1.79. The van der Waals surface area contributed by atoms with Crippen LogP contribution in [0.4, 0.5) is 5.69 Å². The molecule has 16 heavy (non-hydrogen) atoms. The number of fused-ring (bicyclic) bond motifs is 1. The lowest BCUT2D eigenvalue weighted by Crippen LogP contribution is -2.36. The largest absolute Gasteiger partial charge is 0.311 e. The first-order valence-electron chi connectivity index (χ1n) is 5.70. The molecule has 1 heterocycles. The molecule has 2 rings (SSSR count). The number of anilines is 1. The van der Waals surface area contributed by atoms with E-state index in [-0.39, 0.29) is 5.91 Å². The van der Waals surface area contributed by atoms with Gasteiger partial charge in [0.25, 0.3) is 0 Å². The summed E-state index contributed by atoms with van der Waals surface area (Å²) in [5, 5.41) is 0. The highest BCUT2D eigenvalue weighted by atomic mass is 32.2. The van der Waals surface area contributed by atoms with Crippen molar-refractivity contribution in [3.63, 3.8) is 0 Å². The van der Waals surface area contributed by atoms with Crippen molar-refractivity contribution in [1.82, 2.24) is 0 Å². The third kappa shape index (κ3) is 2.40. The molecule has 0 fully saturated rings. The van der Waals surface area contributed by atoms with Crippen LogP contribution in [0.3, 0.4) is 0 Å². The summed E-state index contributed by atoms with van der Waals surface area (Å²) in [6.45, 7) is 5.22. The molecule has 1 amide bonds. The number of benzene rings is 1. The summed E-state index contributed by atoms with van der Waals surface area (Å²) in [4.78, 5) is 15.0. The van der Waals surface area contributed by atoms with Crippen molar-refractivity contribution in [2.45, 2.75) is 25.2 Å². The summed E-state index contributed by atoms with van der Waals surface area (Å²) >= 11 is 1.64. The average Bonchev–Trinajstić information content (AvgIpc) is 2.27. The monoisotopic (exact) mass is 235 g/mol. The van der Waals surface area contributed by atoms with Crippen molar-refractivity contribution in [1.29, 1.82) is 0 Å². The minimum atomic E-state index is 0.240. The molecule has 0 N–H and O–H groups in total. The molecule has 2 nitrogen and oxygen atoms in total. The maximum absolute atomic E-state index is 11.9. The van der Waals surface area contributed by atoms with Crippen molar-refractivity contribution in [2.24, 2.45) is 5.92 Å². The fraction of sp³-hybridized carbons (Fsp3) is 0.462. The number of carbonyl (C=O) groups is 1. The molecule has 1 aliphatic heterocycles. The third-order valence-corrected chi connectivity index (χ3v) is 3.79. The molecule has 0 atom stereocenters. The Morgan fingerprint density at radius 2 is 2.12 bits per heavy atom. The Labute approximate surface area is 101 Å². The van der Waals surface area contributed by atoms with Gasteiger partial charge in [0.15, 0.2) is 0 Å². The highest BCUT2D eigenvalue weighted by Gasteiger charge is 2.23. The summed E-state index contributed by atoms with van der Waals surface area (Å²) in [5.41, 5.74) is 1.09. The molecule has 1 aliphatic rings. The van der Waals surface area contributed by atoms with Gasteiger partial charge in [-0.25, -0.2) is 0 Å². The Bertz CT molecular complexity index is 389.